The van der Waals surface area contributed by atoms with Crippen molar-refractivity contribution in [3.63, 3.8) is 0 Å². The molecule has 2 atom stereocenters. The molecule has 2 aliphatic rings. The van der Waals surface area contributed by atoms with E-state index < -0.39 is 12.1 Å². The van der Waals surface area contributed by atoms with Gasteiger partial charge in [-0.15, -0.1) is 0 Å². The van der Waals surface area contributed by atoms with E-state index in [4.69, 9.17) is 9.47 Å². The maximum Gasteiger partial charge on any atom is 0.407 e. The summed E-state index contributed by atoms with van der Waals surface area (Å²) in [6.45, 7) is 2.49. The van der Waals surface area contributed by atoms with Crippen LogP contribution in [0.5, 0.6) is 5.75 Å². The fraction of sp³-hybridized carbons (Fsp3) is 0.231. The molecule has 0 aromatic heterocycles. The van der Waals surface area contributed by atoms with E-state index in [2.05, 4.69) is 29.6 Å². The average Bonchev–Trinajstić information content (AvgIpc) is 3.30. The Morgan fingerprint density at radius 3 is 2.28 bits per heavy atom. The van der Waals surface area contributed by atoms with E-state index in [0.29, 0.717) is 5.75 Å². The number of hydrogen-bond donors (Lipinski definition) is 2. The molecule has 3 aromatic rings. The SMILES string of the molecule is C[C@H]1c2cc(C(=O)O)ccc2O[C@H]1CNC(=O)OCC1c2ccccc2-c2ccccc21. The standard InChI is InChI=1S/C26H23NO5/c1-15-21-12-16(25(28)29)10-11-23(21)32-24(15)13-27-26(30)31-14-22-19-8-4-2-6-17(19)18-7-3-5-9-20(18)22/h2-12,15,22,24H,13-14H2,1H3,(H,27,30)(H,28,29)/t15-,24-/m0/s1. The molecule has 0 spiro atoms. The van der Waals surface area contributed by atoms with Crippen LogP contribution >= 0.6 is 0 Å². The summed E-state index contributed by atoms with van der Waals surface area (Å²) in [7, 11) is 0. The minimum absolute atomic E-state index is 0.00787. The lowest BCUT2D eigenvalue weighted by atomic mass is 9.96. The van der Waals surface area contributed by atoms with Gasteiger partial charge in [0, 0.05) is 17.4 Å². The minimum atomic E-state index is -0.972. The second kappa shape index (κ2) is 8.04. The smallest absolute Gasteiger partial charge is 0.407 e. The third kappa shape index (κ3) is 3.47. The highest BCUT2D eigenvalue weighted by atomic mass is 16.5. The van der Waals surface area contributed by atoms with Crippen LogP contribution in [0.4, 0.5) is 4.79 Å². The van der Waals surface area contributed by atoms with Crippen LogP contribution in [0.1, 0.15) is 45.8 Å². The molecule has 1 aliphatic heterocycles. The predicted molar refractivity (Wildman–Crippen MR) is 119 cm³/mol. The van der Waals surface area contributed by atoms with E-state index in [0.717, 1.165) is 5.56 Å². The number of carbonyl (C=O) groups excluding carboxylic acids is 1. The highest BCUT2D eigenvalue weighted by Crippen LogP contribution is 2.44. The number of alkyl carbamates (subject to hydrolysis) is 1. The molecule has 3 aromatic carbocycles. The van der Waals surface area contributed by atoms with Gasteiger partial charge in [-0.05, 0) is 40.5 Å². The Balaban J connectivity index is 1.20. The van der Waals surface area contributed by atoms with Crippen LogP contribution in [0, 0.1) is 0 Å². The molecule has 162 valence electrons. The molecule has 6 heteroatoms. The van der Waals surface area contributed by atoms with Crippen LogP contribution in [0.2, 0.25) is 0 Å². The van der Waals surface area contributed by atoms with Crippen molar-refractivity contribution in [1.82, 2.24) is 5.32 Å². The Kier molecular flexibility index (Phi) is 5.05. The van der Waals surface area contributed by atoms with E-state index in [9.17, 15) is 14.7 Å². The van der Waals surface area contributed by atoms with Crippen LogP contribution in [0.25, 0.3) is 11.1 Å². The van der Waals surface area contributed by atoms with Gasteiger partial charge in [-0.1, -0.05) is 55.5 Å². The first kappa shape index (κ1) is 20.1. The zero-order valence-electron chi connectivity index (χ0n) is 17.6. The molecule has 5 rings (SSSR count). The minimum Gasteiger partial charge on any atom is -0.488 e. The third-order valence-corrected chi connectivity index (χ3v) is 6.37. The van der Waals surface area contributed by atoms with E-state index in [1.165, 1.54) is 28.3 Å². The largest absolute Gasteiger partial charge is 0.488 e. The Morgan fingerprint density at radius 1 is 0.969 bits per heavy atom. The second-order valence-electron chi connectivity index (χ2n) is 8.21. The lowest BCUT2D eigenvalue weighted by Gasteiger charge is -2.18. The van der Waals surface area contributed by atoms with Crippen molar-refractivity contribution < 1.29 is 24.2 Å². The van der Waals surface area contributed by atoms with Crippen molar-refractivity contribution >= 4 is 12.1 Å². The Morgan fingerprint density at radius 2 is 1.62 bits per heavy atom. The average molecular weight is 429 g/mol. The van der Waals surface area contributed by atoms with E-state index in [-0.39, 0.29) is 36.7 Å². The van der Waals surface area contributed by atoms with Gasteiger partial charge in [0.25, 0.3) is 0 Å². The fourth-order valence-corrected chi connectivity index (χ4v) is 4.66. The number of benzene rings is 3. The number of carbonyl (C=O) groups is 2. The Hall–Kier alpha value is -3.80. The van der Waals surface area contributed by atoms with Crippen LogP contribution in [0.15, 0.2) is 66.7 Å². The summed E-state index contributed by atoms with van der Waals surface area (Å²) >= 11 is 0. The summed E-state index contributed by atoms with van der Waals surface area (Å²) in [5.74, 6) is -0.353. The van der Waals surface area contributed by atoms with Crippen molar-refractivity contribution in [2.75, 3.05) is 13.2 Å². The van der Waals surface area contributed by atoms with Gasteiger partial charge in [0.15, 0.2) is 0 Å². The van der Waals surface area contributed by atoms with Crippen molar-refractivity contribution in [3.8, 4) is 16.9 Å². The first-order chi connectivity index (χ1) is 15.5. The molecule has 0 saturated carbocycles. The Bertz CT molecular complexity index is 1160. The van der Waals surface area contributed by atoms with Gasteiger partial charge < -0.3 is 19.9 Å². The van der Waals surface area contributed by atoms with Crippen molar-refractivity contribution in [3.05, 3.63) is 89.0 Å². The molecule has 1 amide bonds. The van der Waals surface area contributed by atoms with E-state index in [1.54, 1.807) is 12.1 Å². The molecular weight excluding hydrogens is 406 g/mol. The molecule has 32 heavy (non-hydrogen) atoms. The van der Waals surface area contributed by atoms with Crippen molar-refractivity contribution in [2.24, 2.45) is 0 Å². The zero-order valence-corrected chi connectivity index (χ0v) is 17.6. The molecule has 6 nitrogen and oxygen atoms in total. The molecule has 0 fully saturated rings. The van der Waals surface area contributed by atoms with Crippen LogP contribution in [-0.2, 0) is 4.74 Å². The van der Waals surface area contributed by atoms with Gasteiger partial charge in [0.05, 0.1) is 12.1 Å². The number of nitrogens with one attached hydrogen (secondary N) is 1. The van der Waals surface area contributed by atoms with Gasteiger partial charge >= 0.3 is 12.1 Å². The van der Waals surface area contributed by atoms with Crippen LogP contribution in [0.3, 0.4) is 0 Å². The summed E-state index contributed by atoms with van der Waals surface area (Å²) in [5, 5.41) is 12.0. The van der Waals surface area contributed by atoms with Crippen LogP contribution < -0.4 is 10.1 Å². The number of fused-ring (bicyclic) bond motifs is 4. The van der Waals surface area contributed by atoms with Gasteiger partial charge in [-0.3, -0.25) is 0 Å². The number of rotatable bonds is 5. The van der Waals surface area contributed by atoms with E-state index in [1.807, 2.05) is 31.2 Å². The van der Waals surface area contributed by atoms with Gasteiger partial charge in [-0.2, -0.15) is 0 Å². The summed E-state index contributed by atoms with van der Waals surface area (Å²) in [5.41, 5.74) is 5.76. The maximum atomic E-state index is 12.4. The predicted octanol–water partition coefficient (Wildman–Crippen LogP) is 4.79. The lowest BCUT2D eigenvalue weighted by molar-refractivity contribution is 0.0696. The summed E-state index contributed by atoms with van der Waals surface area (Å²) in [4.78, 5) is 23.7. The molecule has 2 N–H and O–H groups in total. The van der Waals surface area contributed by atoms with Crippen molar-refractivity contribution in [1.29, 1.82) is 0 Å². The van der Waals surface area contributed by atoms with Gasteiger partial charge in [-0.25, -0.2) is 9.59 Å². The summed E-state index contributed by atoms with van der Waals surface area (Å²) < 4.78 is 11.5. The normalized spacial score (nSPS) is 18.3. The lowest BCUT2D eigenvalue weighted by Crippen LogP contribution is -2.36. The molecule has 1 heterocycles. The fourth-order valence-electron chi connectivity index (χ4n) is 4.66. The molecule has 0 saturated heterocycles. The first-order valence-corrected chi connectivity index (χ1v) is 10.7. The third-order valence-electron chi connectivity index (χ3n) is 6.37. The molecule has 0 radical (unpaired) electrons. The topological polar surface area (TPSA) is 84.9 Å². The molecule has 1 aliphatic carbocycles. The van der Waals surface area contributed by atoms with Crippen molar-refractivity contribution in [2.45, 2.75) is 24.9 Å². The molecular formula is C26H23NO5. The number of carboxylic acids is 1. The maximum absolute atomic E-state index is 12.4. The number of hydrogen-bond acceptors (Lipinski definition) is 4. The zero-order chi connectivity index (χ0) is 22.2. The van der Waals surface area contributed by atoms with Gasteiger partial charge in [0.1, 0.15) is 18.5 Å². The molecule has 0 bridgehead atoms. The highest BCUT2D eigenvalue weighted by molar-refractivity contribution is 5.88. The summed E-state index contributed by atoms with van der Waals surface area (Å²) in [6.07, 6.45) is -0.778. The highest BCUT2D eigenvalue weighted by Gasteiger charge is 2.33. The molecule has 0 unspecified atom stereocenters. The monoisotopic (exact) mass is 429 g/mol. The first-order valence-electron chi connectivity index (χ1n) is 10.7. The number of aromatic carboxylic acids is 1. The van der Waals surface area contributed by atoms with Crippen LogP contribution in [-0.4, -0.2) is 36.4 Å². The number of amides is 1. The van der Waals surface area contributed by atoms with Gasteiger partial charge in [0.2, 0.25) is 0 Å². The number of carboxylic acid groups (broad SMARTS) is 1. The summed E-state index contributed by atoms with van der Waals surface area (Å²) in [6, 6.07) is 21.2. The Labute approximate surface area is 185 Å². The van der Waals surface area contributed by atoms with E-state index >= 15 is 0 Å². The quantitative estimate of drug-likeness (QED) is 0.609. The number of ether oxygens (including phenoxy) is 2. The second-order valence-corrected chi connectivity index (χ2v) is 8.21.